The normalized spacial score (nSPS) is 12.4. The van der Waals surface area contributed by atoms with Crippen LogP contribution in [0.15, 0.2) is 10.6 Å². The van der Waals surface area contributed by atoms with Crippen LogP contribution in [-0.4, -0.2) is 5.16 Å². The van der Waals surface area contributed by atoms with Crippen LogP contribution in [0.1, 0.15) is 64.8 Å². The molecule has 0 saturated carbocycles. The third-order valence-electron chi connectivity index (χ3n) is 3.28. The lowest BCUT2D eigenvalue weighted by Crippen LogP contribution is -2.18. The molecule has 1 heterocycles. The summed E-state index contributed by atoms with van der Waals surface area (Å²) in [6.07, 6.45) is 2.19. The number of aromatic nitrogens is 1. The second kappa shape index (κ2) is 4.16. The predicted molar refractivity (Wildman–Crippen MR) is 58.5 cm³/mol. The van der Waals surface area contributed by atoms with Gasteiger partial charge in [0.15, 0.2) is 0 Å². The number of hydrogen-bond donors (Lipinski definition) is 0. The molecule has 80 valence electrons. The molecule has 2 heteroatoms. The zero-order valence-corrected chi connectivity index (χ0v) is 9.92. The van der Waals surface area contributed by atoms with Gasteiger partial charge in [0.25, 0.3) is 0 Å². The van der Waals surface area contributed by atoms with Crippen LogP contribution in [0.25, 0.3) is 0 Å². The largest absolute Gasteiger partial charge is 0.361 e. The van der Waals surface area contributed by atoms with Gasteiger partial charge in [0.1, 0.15) is 5.76 Å². The highest BCUT2D eigenvalue weighted by molar-refractivity contribution is 5.16. The van der Waals surface area contributed by atoms with E-state index in [4.69, 9.17) is 4.52 Å². The minimum Gasteiger partial charge on any atom is -0.361 e. The molecule has 0 aromatic carbocycles. The minimum atomic E-state index is 0.153. The van der Waals surface area contributed by atoms with Gasteiger partial charge in [0.2, 0.25) is 0 Å². The average Bonchev–Trinajstić information content (AvgIpc) is 2.66. The SMILES string of the molecule is CCC(C)(CC)c1cc(C(C)C)no1. The fourth-order valence-corrected chi connectivity index (χ4v) is 1.44. The molecule has 0 N–H and O–H groups in total. The number of rotatable bonds is 4. The first-order valence-corrected chi connectivity index (χ1v) is 5.50. The summed E-state index contributed by atoms with van der Waals surface area (Å²) in [5.41, 5.74) is 1.22. The van der Waals surface area contributed by atoms with Crippen molar-refractivity contribution in [3.05, 3.63) is 17.5 Å². The van der Waals surface area contributed by atoms with Gasteiger partial charge in [-0.05, 0) is 18.8 Å². The van der Waals surface area contributed by atoms with Crippen LogP contribution in [0.3, 0.4) is 0 Å². The zero-order valence-electron chi connectivity index (χ0n) is 9.92. The van der Waals surface area contributed by atoms with Gasteiger partial charge in [-0.2, -0.15) is 0 Å². The molecule has 0 bridgehead atoms. The summed E-state index contributed by atoms with van der Waals surface area (Å²) in [4.78, 5) is 0. The molecule has 14 heavy (non-hydrogen) atoms. The van der Waals surface area contributed by atoms with Gasteiger partial charge in [-0.15, -0.1) is 0 Å². The maximum atomic E-state index is 5.42. The second-order valence-corrected chi connectivity index (χ2v) is 4.54. The van der Waals surface area contributed by atoms with Crippen molar-refractivity contribution in [1.82, 2.24) is 5.16 Å². The highest BCUT2D eigenvalue weighted by Crippen LogP contribution is 2.32. The van der Waals surface area contributed by atoms with E-state index in [0.717, 1.165) is 24.3 Å². The van der Waals surface area contributed by atoms with Gasteiger partial charge in [-0.3, -0.25) is 0 Å². The molecule has 0 aliphatic carbocycles. The molecule has 2 nitrogen and oxygen atoms in total. The lowest BCUT2D eigenvalue weighted by molar-refractivity contribution is 0.286. The Labute approximate surface area is 86.7 Å². The molecule has 0 unspecified atom stereocenters. The molecule has 0 fully saturated rings. The third-order valence-corrected chi connectivity index (χ3v) is 3.28. The summed E-state index contributed by atoms with van der Waals surface area (Å²) < 4.78 is 5.42. The van der Waals surface area contributed by atoms with Crippen molar-refractivity contribution in [2.24, 2.45) is 0 Å². The van der Waals surface area contributed by atoms with E-state index in [1.165, 1.54) is 0 Å². The fraction of sp³-hybridized carbons (Fsp3) is 0.750. The van der Waals surface area contributed by atoms with Gasteiger partial charge >= 0.3 is 0 Å². The van der Waals surface area contributed by atoms with Gasteiger partial charge in [-0.25, -0.2) is 0 Å². The van der Waals surface area contributed by atoms with Gasteiger partial charge in [-0.1, -0.05) is 39.8 Å². The van der Waals surface area contributed by atoms with Crippen LogP contribution in [0.4, 0.5) is 0 Å². The Bertz CT molecular complexity index is 284. The second-order valence-electron chi connectivity index (χ2n) is 4.54. The first-order chi connectivity index (χ1) is 6.53. The smallest absolute Gasteiger partial charge is 0.142 e. The van der Waals surface area contributed by atoms with Crippen molar-refractivity contribution < 1.29 is 4.52 Å². The molecule has 0 aliphatic heterocycles. The van der Waals surface area contributed by atoms with Crippen LogP contribution in [-0.2, 0) is 5.41 Å². The maximum Gasteiger partial charge on any atom is 0.142 e. The zero-order chi connectivity index (χ0) is 10.8. The maximum absolute atomic E-state index is 5.42. The molecule has 0 aliphatic rings. The monoisotopic (exact) mass is 195 g/mol. The van der Waals surface area contributed by atoms with E-state index in [9.17, 15) is 0 Å². The molecule has 0 atom stereocenters. The first-order valence-electron chi connectivity index (χ1n) is 5.50. The van der Waals surface area contributed by atoms with E-state index >= 15 is 0 Å². The van der Waals surface area contributed by atoms with Crippen LogP contribution < -0.4 is 0 Å². The van der Waals surface area contributed by atoms with Crippen molar-refractivity contribution >= 4 is 0 Å². The Morgan fingerprint density at radius 1 is 1.36 bits per heavy atom. The molecule has 0 spiro atoms. The van der Waals surface area contributed by atoms with Crippen LogP contribution in [0.5, 0.6) is 0 Å². The standard InChI is InChI=1S/C12H21NO/c1-6-12(5,7-2)11-8-10(9(3)4)13-14-11/h8-9H,6-7H2,1-5H3. The Kier molecular flexibility index (Phi) is 3.35. The van der Waals surface area contributed by atoms with Crippen LogP contribution >= 0.6 is 0 Å². The van der Waals surface area contributed by atoms with Gasteiger partial charge in [0, 0.05) is 11.5 Å². The van der Waals surface area contributed by atoms with Crippen LogP contribution in [0, 0.1) is 0 Å². The number of hydrogen-bond acceptors (Lipinski definition) is 2. The summed E-state index contributed by atoms with van der Waals surface area (Å²) in [5.74, 6) is 1.48. The molecule has 0 radical (unpaired) electrons. The molecular formula is C12H21NO. The predicted octanol–water partition coefficient (Wildman–Crippen LogP) is 3.88. The topological polar surface area (TPSA) is 26.0 Å². The van der Waals surface area contributed by atoms with Gasteiger partial charge in [0.05, 0.1) is 5.69 Å². The van der Waals surface area contributed by atoms with E-state index < -0.39 is 0 Å². The summed E-state index contributed by atoms with van der Waals surface area (Å²) in [6, 6.07) is 2.11. The highest BCUT2D eigenvalue weighted by atomic mass is 16.5. The van der Waals surface area contributed by atoms with E-state index in [1.54, 1.807) is 0 Å². The fourth-order valence-electron chi connectivity index (χ4n) is 1.44. The number of nitrogens with zero attached hydrogens (tertiary/aromatic N) is 1. The van der Waals surface area contributed by atoms with Crippen molar-refractivity contribution in [3.8, 4) is 0 Å². The first kappa shape index (κ1) is 11.3. The lowest BCUT2D eigenvalue weighted by atomic mass is 9.82. The van der Waals surface area contributed by atoms with E-state index in [2.05, 4.69) is 45.8 Å². The minimum absolute atomic E-state index is 0.153. The Hall–Kier alpha value is -0.790. The third kappa shape index (κ3) is 1.99. The van der Waals surface area contributed by atoms with E-state index in [-0.39, 0.29) is 5.41 Å². The molecular weight excluding hydrogens is 174 g/mol. The van der Waals surface area contributed by atoms with Crippen molar-refractivity contribution in [2.75, 3.05) is 0 Å². The summed E-state index contributed by atoms with van der Waals surface area (Å²) in [7, 11) is 0. The Morgan fingerprint density at radius 3 is 2.29 bits per heavy atom. The molecule has 0 saturated heterocycles. The summed E-state index contributed by atoms with van der Waals surface area (Å²) in [5, 5.41) is 4.10. The molecule has 1 aromatic heterocycles. The summed E-state index contributed by atoms with van der Waals surface area (Å²) >= 11 is 0. The van der Waals surface area contributed by atoms with Gasteiger partial charge < -0.3 is 4.52 Å². The Balaban J connectivity index is 2.95. The highest BCUT2D eigenvalue weighted by Gasteiger charge is 2.27. The molecule has 1 aromatic rings. The quantitative estimate of drug-likeness (QED) is 0.728. The van der Waals surface area contributed by atoms with Crippen molar-refractivity contribution in [1.29, 1.82) is 0 Å². The van der Waals surface area contributed by atoms with E-state index in [1.807, 2.05) is 0 Å². The van der Waals surface area contributed by atoms with Crippen molar-refractivity contribution in [2.45, 2.75) is 58.8 Å². The molecule has 0 amide bonds. The lowest BCUT2D eigenvalue weighted by Gasteiger charge is -2.22. The Morgan fingerprint density at radius 2 is 1.93 bits per heavy atom. The summed E-state index contributed by atoms with van der Waals surface area (Å²) in [6.45, 7) is 10.9. The molecule has 1 rings (SSSR count). The van der Waals surface area contributed by atoms with E-state index in [0.29, 0.717) is 5.92 Å². The van der Waals surface area contributed by atoms with Crippen LogP contribution in [0.2, 0.25) is 0 Å². The average molecular weight is 195 g/mol. The van der Waals surface area contributed by atoms with Crippen molar-refractivity contribution in [3.63, 3.8) is 0 Å².